The van der Waals surface area contributed by atoms with Gasteiger partial charge in [-0.05, 0) is 12.3 Å². The summed E-state index contributed by atoms with van der Waals surface area (Å²) in [5.74, 6) is 1.04. The number of morpholine rings is 1. The second-order valence-corrected chi connectivity index (χ2v) is 7.83. The van der Waals surface area contributed by atoms with Gasteiger partial charge in [-0.25, -0.2) is 0 Å². The number of amides is 2. The van der Waals surface area contributed by atoms with E-state index in [1.54, 1.807) is 0 Å². The van der Waals surface area contributed by atoms with Gasteiger partial charge in [0, 0.05) is 38.7 Å². The van der Waals surface area contributed by atoms with Crippen LogP contribution in [0.2, 0.25) is 0 Å². The lowest BCUT2D eigenvalue weighted by Gasteiger charge is -2.34. The Hall–Kier alpha value is -1.93. The summed E-state index contributed by atoms with van der Waals surface area (Å²) in [5, 5.41) is 10.2. The summed E-state index contributed by atoms with van der Waals surface area (Å²) in [6, 6.07) is 1.89. The Kier molecular flexibility index (Phi) is 6.84. The lowest BCUT2D eigenvalue weighted by Crippen LogP contribution is -2.51. The predicted molar refractivity (Wildman–Crippen MR) is 98.8 cm³/mol. The van der Waals surface area contributed by atoms with Crippen LogP contribution in [-0.4, -0.2) is 61.3 Å². The Bertz CT molecular complexity index is 639. The zero-order valence-electron chi connectivity index (χ0n) is 16.2. The maximum absolute atomic E-state index is 12.7. The molecule has 2 amide bonds. The molecule has 8 nitrogen and oxygen atoms in total. The summed E-state index contributed by atoms with van der Waals surface area (Å²) in [4.78, 5) is 27.1. The highest BCUT2D eigenvalue weighted by Crippen LogP contribution is 2.20. The first-order chi connectivity index (χ1) is 13.0. The van der Waals surface area contributed by atoms with Gasteiger partial charge in [0.05, 0.1) is 31.6 Å². The molecule has 0 aliphatic carbocycles. The van der Waals surface area contributed by atoms with Crippen molar-refractivity contribution < 1.29 is 18.8 Å². The minimum Gasteiger partial charge on any atom is -0.378 e. The third kappa shape index (κ3) is 5.52. The Balaban J connectivity index is 1.47. The maximum Gasteiger partial charge on any atom is 0.227 e. The Morgan fingerprint density at radius 2 is 2.04 bits per heavy atom. The fourth-order valence-corrected chi connectivity index (χ4v) is 3.63. The van der Waals surface area contributed by atoms with E-state index < -0.39 is 0 Å². The van der Waals surface area contributed by atoms with E-state index in [1.807, 2.05) is 11.0 Å². The van der Waals surface area contributed by atoms with Crippen molar-refractivity contribution in [2.24, 2.45) is 17.8 Å². The number of piperidine rings is 1. The molecule has 2 saturated heterocycles. The molecular formula is C19H30N4O4. The number of nitrogens with zero attached hydrogens (tertiary/aromatic N) is 2. The summed E-state index contributed by atoms with van der Waals surface area (Å²) in [5.41, 5.74) is 0.726. The van der Waals surface area contributed by atoms with E-state index in [1.165, 1.54) is 0 Å². The average Bonchev–Trinajstić information content (AvgIpc) is 3.13. The Morgan fingerprint density at radius 3 is 2.78 bits per heavy atom. The molecule has 0 saturated carbocycles. The summed E-state index contributed by atoms with van der Waals surface area (Å²) < 4.78 is 10.6. The van der Waals surface area contributed by atoms with E-state index in [4.69, 9.17) is 9.26 Å². The summed E-state index contributed by atoms with van der Waals surface area (Å²) >= 11 is 0. The quantitative estimate of drug-likeness (QED) is 0.751. The molecule has 27 heavy (non-hydrogen) atoms. The molecule has 0 spiro atoms. The molecule has 2 atom stereocenters. The van der Waals surface area contributed by atoms with Crippen LogP contribution in [-0.2, 0) is 27.3 Å². The molecule has 0 aromatic carbocycles. The second kappa shape index (κ2) is 9.32. The van der Waals surface area contributed by atoms with E-state index in [0.717, 1.165) is 17.9 Å². The van der Waals surface area contributed by atoms with Gasteiger partial charge in [0.15, 0.2) is 0 Å². The molecule has 2 fully saturated rings. The van der Waals surface area contributed by atoms with E-state index in [0.29, 0.717) is 58.3 Å². The van der Waals surface area contributed by atoms with Gasteiger partial charge < -0.3 is 24.8 Å². The number of rotatable bonds is 6. The normalized spacial score (nSPS) is 23.4. The summed E-state index contributed by atoms with van der Waals surface area (Å²) in [6.07, 6.45) is 1.41. The first-order valence-corrected chi connectivity index (χ1v) is 9.82. The van der Waals surface area contributed by atoms with Crippen molar-refractivity contribution in [3.05, 3.63) is 17.5 Å². The maximum atomic E-state index is 12.7. The predicted octanol–water partition coefficient (Wildman–Crippen LogP) is 0.574. The van der Waals surface area contributed by atoms with E-state index in [9.17, 15) is 9.59 Å². The highest BCUT2D eigenvalue weighted by molar-refractivity contribution is 5.83. The van der Waals surface area contributed by atoms with Crippen molar-refractivity contribution in [2.75, 3.05) is 39.4 Å². The standard InChI is InChI=1S/C19H30N4O4/c1-13(2)7-17-9-16(22-27-17)12-21-18(24)14-8-15(11-20-10-14)19(25)23-3-5-26-6-4-23/h9,13-15,20H,3-8,10-12H2,1-2H3,(H,21,24)/t14-,15+/m0/s1. The van der Waals surface area contributed by atoms with Gasteiger partial charge >= 0.3 is 0 Å². The Labute approximate surface area is 160 Å². The van der Waals surface area contributed by atoms with Crippen LogP contribution in [0.25, 0.3) is 0 Å². The smallest absolute Gasteiger partial charge is 0.227 e. The van der Waals surface area contributed by atoms with Crippen molar-refractivity contribution in [1.82, 2.24) is 20.7 Å². The van der Waals surface area contributed by atoms with Crippen LogP contribution < -0.4 is 10.6 Å². The van der Waals surface area contributed by atoms with Gasteiger partial charge in [0.2, 0.25) is 11.8 Å². The minimum absolute atomic E-state index is 0.0459. The van der Waals surface area contributed by atoms with Gasteiger partial charge in [-0.3, -0.25) is 9.59 Å². The number of carbonyl (C=O) groups excluding carboxylic acids is 2. The van der Waals surface area contributed by atoms with Crippen LogP contribution in [0.4, 0.5) is 0 Å². The monoisotopic (exact) mass is 378 g/mol. The number of ether oxygens (including phenoxy) is 1. The van der Waals surface area contributed by atoms with Crippen LogP contribution >= 0.6 is 0 Å². The van der Waals surface area contributed by atoms with Gasteiger partial charge in [0.25, 0.3) is 0 Å². The van der Waals surface area contributed by atoms with Gasteiger partial charge in [0.1, 0.15) is 11.5 Å². The molecule has 3 rings (SSSR count). The molecule has 8 heteroatoms. The lowest BCUT2D eigenvalue weighted by atomic mass is 9.88. The van der Waals surface area contributed by atoms with Crippen molar-refractivity contribution in [3.63, 3.8) is 0 Å². The molecule has 0 unspecified atom stereocenters. The van der Waals surface area contributed by atoms with Crippen molar-refractivity contribution >= 4 is 11.8 Å². The van der Waals surface area contributed by atoms with Crippen LogP contribution in [0.15, 0.2) is 10.6 Å². The number of carbonyl (C=O) groups is 2. The molecule has 3 heterocycles. The van der Waals surface area contributed by atoms with Gasteiger partial charge in [-0.1, -0.05) is 19.0 Å². The molecule has 1 aromatic rings. The van der Waals surface area contributed by atoms with Crippen molar-refractivity contribution in [1.29, 1.82) is 0 Å². The molecule has 0 radical (unpaired) electrons. The molecule has 2 aliphatic heterocycles. The van der Waals surface area contributed by atoms with Crippen LogP contribution in [0, 0.1) is 17.8 Å². The molecule has 2 aliphatic rings. The van der Waals surface area contributed by atoms with Gasteiger partial charge in [-0.15, -0.1) is 0 Å². The molecule has 0 bridgehead atoms. The second-order valence-electron chi connectivity index (χ2n) is 7.83. The zero-order chi connectivity index (χ0) is 19.2. The number of hydrogen-bond acceptors (Lipinski definition) is 6. The Morgan fingerprint density at radius 1 is 1.30 bits per heavy atom. The van der Waals surface area contributed by atoms with Crippen LogP contribution in [0.1, 0.15) is 31.7 Å². The van der Waals surface area contributed by atoms with Crippen LogP contribution in [0.5, 0.6) is 0 Å². The molecule has 1 aromatic heterocycles. The van der Waals surface area contributed by atoms with Crippen molar-refractivity contribution in [2.45, 2.75) is 33.2 Å². The first kappa shape index (κ1) is 19.8. The minimum atomic E-state index is -0.212. The summed E-state index contributed by atoms with van der Waals surface area (Å²) in [7, 11) is 0. The van der Waals surface area contributed by atoms with Crippen LogP contribution in [0.3, 0.4) is 0 Å². The first-order valence-electron chi connectivity index (χ1n) is 9.82. The molecule has 2 N–H and O–H groups in total. The zero-order valence-corrected chi connectivity index (χ0v) is 16.2. The van der Waals surface area contributed by atoms with E-state index in [2.05, 4.69) is 29.6 Å². The number of aromatic nitrogens is 1. The fraction of sp³-hybridized carbons (Fsp3) is 0.737. The summed E-state index contributed by atoms with van der Waals surface area (Å²) in [6.45, 7) is 8.26. The molecule has 150 valence electrons. The largest absolute Gasteiger partial charge is 0.378 e. The van der Waals surface area contributed by atoms with E-state index in [-0.39, 0.29) is 23.7 Å². The number of hydrogen-bond donors (Lipinski definition) is 2. The van der Waals surface area contributed by atoms with Gasteiger partial charge in [-0.2, -0.15) is 0 Å². The van der Waals surface area contributed by atoms with Crippen molar-refractivity contribution in [3.8, 4) is 0 Å². The average molecular weight is 378 g/mol. The highest BCUT2D eigenvalue weighted by atomic mass is 16.5. The fourth-order valence-electron chi connectivity index (χ4n) is 3.63. The highest BCUT2D eigenvalue weighted by Gasteiger charge is 2.33. The third-order valence-corrected chi connectivity index (χ3v) is 5.05. The lowest BCUT2D eigenvalue weighted by molar-refractivity contribution is -0.141. The van der Waals surface area contributed by atoms with E-state index >= 15 is 0 Å². The molecular weight excluding hydrogens is 348 g/mol. The third-order valence-electron chi connectivity index (χ3n) is 5.05. The number of nitrogens with one attached hydrogen (secondary N) is 2. The topological polar surface area (TPSA) is 96.7 Å². The SMILES string of the molecule is CC(C)Cc1cc(CNC(=O)[C@@H]2CNC[C@H](C(=O)N3CCOCC3)C2)no1.